The van der Waals surface area contributed by atoms with Crippen LogP contribution in [0.2, 0.25) is 0 Å². The third-order valence-electron chi connectivity index (χ3n) is 5.99. The van der Waals surface area contributed by atoms with Crippen LogP contribution >= 0.6 is 24.0 Å². The quantitative estimate of drug-likeness (QED) is 0.259. The Bertz CT molecular complexity index is 1560. The van der Waals surface area contributed by atoms with Crippen molar-refractivity contribution in [1.82, 2.24) is 4.57 Å². The van der Waals surface area contributed by atoms with Crippen LogP contribution in [0.4, 0.5) is 10.1 Å². The summed E-state index contributed by atoms with van der Waals surface area (Å²) >= 11 is 6.64. The van der Waals surface area contributed by atoms with Crippen LogP contribution in [0.15, 0.2) is 77.7 Å². The minimum Gasteiger partial charge on any atom is -0.478 e. The van der Waals surface area contributed by atoms with Gasteiger partial charge in [-0.25, -0.2) is 9.18 Å². The summed E-state index contributed by atoms with van der Waals surface area (Å²) < 4.78 is 16.8. The van der Waals surface area contributed by atoms with Crippen molar-refractivity contribution in [3.05, 3.63) is 106 Å². The van der Waals surface area contributed by atoms with E-state index in [0.717, 1.165) is 22.2 Å². The van der Waals surface area contributed by atoms with Crippen LogP contribution in [0.1, 0.15) is 27.2 Å². The first-order chi connectivity index (χ1) is 16.8. The van der Waals surface area contributed by atoms with E-state index in [2.05, 4.69) is 0 Å². The number of carboxylic acid groups (broad SMARTS) is 1. The van der Waals surface area contributed by atoms with E-state index < -0.39 is 5.97 Å². The summed E-state index contributed by atoms with van der Waals surface area (Å²) in [6.07, 6.45) is 1.82. The van der Waals surface area contributed by atoms with Crippen molar-refractivity contribution in [2.24, 2.45) is 0 Å². The molecule has 0 spiro atoms. The molecule has 1 aromatic heterocycles. The van der Waals surface area contributed by atoms with Crippen molar-refractivity contribution < 1.29 is 19.1 Å². The maximum absolute atomic E-state index is 14.4. The lowest BCUT2D eigenvalue weighted by molar-refractivity contribution is -0.113. The molecule has 0 atom stereocenters. The highest BCUT2D eigenvalue weighted by molar-refractivity contribution is 8.27. The van der Waals surface area contributed by atoms with Crippen molar-refractivity contribution >= 4 is 62.8 Å². The third kappa shape index (κ3) is 4.15. The fourth-order valence-corrected chi connectivity index (χ4v) is 5.52. The van der Waals surface area contributed by atoms with Gasteiger partial charge in [0.25, 0.3) is 5.91 Å². The smallest absolute Gasteiger partial charge is 0.335 e. The number of benzene rings is 3. The molecule has 0 saturated carbocycles. The molecule has 2 heterocycles. The second kappa shape index (κ2) is 9.13. The van der Waals surface area contributed by atoms with E-state index in [1.54, 1.807) is 24.3 Å². The fourth-order valence-electron chi connectivity index (χ4n) is 4.24. The van der Waals surface area contributed by atoms with Gasteiger partial charge >= 0.3 is 5.97 Å². The second-order valence-corrected chi connectivity index (χ2v) is 9.74. The van der Waals surface area contributed by atoms with E-state index in [9.17, 15) is 19.1 Å². The number of para-hydroxylation sites is 1. The number of carbonyl (C=O) groups excluding carboxylic acids is 1. The van der Waals surface area contributed by atoms with E-state index >= 15 is 0 Å². The predicted molar refractivity (Wildman–Crippen MR) is 141 cm³/mol. The van der Waals surface area contributed by atoms with Crippen LogP contribution in [-0.2, 0) is 11.3 Å². The third-order valence-corrected chi connectivity index (χ3v) is 7.29. The highest BCUT2D eigenvalue weighted by Crippen LogP contribution is 2.38. The van der Waals surface area contributed by atoms with Crippen molar-refractivity contribution in [2.75, 3.05) is 4.90 Å². The molecule has 1 N–H and O–H groups in total. The molecule has 8 heteroatoms. The topological polar surface area (TPSA) is 62.5 Å². The van der Waals surface area contributed by atoms with Crippen LogP contribution in [0.3, 0.4) is 0 Å². The fraction of sp³-hybridized carbons (Fsp3) is 0.0741. The van der Waals surface area contributed by atoms with Gasteiger partial charge in [-0.2, -0.15) is 0 Å². The van der Waals surface area contributed by atoms with Gasteiger partial charge in [-0.15, -0.1) is 0 Å². The molecule has 1 aliphatic rings. The first-order valence-corrected chi connectivity index (χ1v) is 12.0. The molecular formula is C27H19FN2O3S2. The van der Waals surface area contributed by atoms with E-state index in [-0.39, 0.29) is 17.3 Å². The number of hydrogen-bond acceptors (Lipinski definition) is 4. The summed E-state index contributed by atoms with van der Waals surface area (Å²) in [6, 6.07) is 20.6. The summed E-state index contributed by atoms with van der Waals surface area (Å²) in [6.45, 7) is 2.31. The number of aromatic nitrogens is 1. The zero-order valence-electron chi connectivity index (χ0n) is 18.6. The van der Waals surface area contributed by atoms with Gasteiger partial charge < -0.3 is 9.67 Å². The summed E-state index contributed by atoms with van der Waals surface area (Å²) in [5, 5.41) is 10.3. The Balaban J connectivity index is 1.57. The van der Waals surface area contributed by atoms with Gasteiger partial charge in [-0.05, 0) is 43.3 Å². The monoisotopic (exact) mass is 502 g/mol. The van der Waals surface area contributed by atoms with Crippen LogP contribution in [0.5, 0.6) is 0 Å². The van der Waals surface area contributed by atoms with Gasteiger partial charge in [-0.3, -0.25) is 9.69 Å². The Morgan fingerprint density at radius 1 is 1.09 bits per heavy atom. The zero-order valence-corrected chi connectivity index (χ0v) is 20.2. The number of rotatable bonds is 5. The van der Waals surface area contributed by atoms with Crippen molar-refractivity contribution in [1.29, 1.82) is 0 Å². The Kier molecular flexibility index (Phi) is 6.00. The van der Waals surface area contributed by atoms with Crippen molar-refractivity contribution in [3.8, 4) is 0 Å². The van der Waals surface area contributed by atoms with Crippen LogP contribution in [0.25, 0.3) is 17.0 Å². The van der Waals surface area contributed by atoms with E-state index in [1.165, 1.54) is 34.9 Å². The van der Waals surface area contributed by atoms with Gasteiger partial charge in [0.15, 0.2) is 4.32 Å². The number of halogens is 1. The maximum Gasteiger partial charge on any atom is 0.335 e. The molecule has 0 unspecified atom stereocenters. The van der Waals surface area contributed by atoms with E-state index in [4.69, 9.17) is 12.2 Å². The number of carboxylic acids is 1. The Hall–Kier alpha value is -3.75. The lowest BCUT2D eigenvalue weighted by Gasteiger charge is -2.14. The summed E-state index contributed by atoms with van der Waals surface area (Å²) in [7, 11) is 0. The molecule has 174 valence electrons. The second-order valence-electron chi connectivity index (χ2n) is 8.07. The largest absolute Gasteiger partial charge is 0.478 e. The molecule has 1 aliphatic heterocycles. The normalized spacial score (nSPS) is 14.9. The number of nitrogens with zero attached hydrogens (tertiary/aromatic N) is 2. The molecule has 3 aromatic carbocycles. The minimum atomic E-state index is -1.08. The number of anilines is 1. The van der Waals surface area contributed by atoms with Crippen LogP contribution in [-0.4, -0.2) is 25.9 Å². The van der Waals surface area contributed by atoms with Crippen LogP contribution < -0.4 is 4.90 Å². The lowest BCUT2D eigenvalue weighted by Crippen LogP contribution is -2.27. The predicted octanol–water partition coefficient (Wildman–Crippen LogP) is 6.24. The number of aromatic carboxylic acids is 1. The molecule has 5 nitrogen and oxygen atoms in total. The standard InChI is InChI=1S/C27H19FN2O3S2/c1-16-21(20-10-3-5-12-23(20)29(16)15-18-7-2-4-11-22(18)28)14-24-25(31)30(27(34)35-24)19-9-6-8-17(13-19)26(32)33/h2-14H,15H2,1H3,(H,32,33)/b24-14-. The zero-order chi connectivity index (χ0) is 24.7. The molecule has 0 aliphatic carbocycles. The number of hydrogen-bond donors (Lipinski definition) is 1. The number of thioether (sulfide) groups is 1. The number of carbonyl (C=O) groups is 2. The molecule has 1 saturated heterocycles. The molecule has 4 aromatic rings. The van der Waals surface area contributed by atoms with E-state index in [1.807, 2.05) is 47.9 Å². The first kappa shape index (κ1) is 23.0. The molecule has 35 heavy (non-hydrogen) atoms. The Morgan fingerprint density at radius 3 is 2.60 bits per heavy atom. The number of thiocarbonyl (C=S) groups is 1. The molecule has 1 amide bonds. The average molecular weight is 503 g/mol. The van der Waals surface area contributed by atoms with Gasteiger partial charge in [-0.1, -0.05) is 66.4 Å². The highest BCUT2D eigenvalue weighted by atomic mass is 32.2. The Morgan fingerprint density at radius 2 is 1.83 bits per heavy atom. The maximum atomic E-state index is 14.4. The lowest BCUT2D eigenvalue weighted by atomic mass is 10.1. The molecule has 1 fully saturated rings. The molecular weight excluding hydrogens is 483 g/mol. The van der Waals surface area contributed by atoms with Gasteiger partial charge in [0, 0.05) is 27.7 Å². The van der Waals surface area contributed by atoms with Gasteiger partial charge in [0.2, 0.25) is 0 Å². The number of amides is 1. The molecule has 0 bridgehead atoms. The van der Waals surface area contributed by atoms with Gasteiger partial charge in [0.1, 0.15) is 5.82 Å². The van der Waals surface area contributed by atoms with Crippen LogP contribution in [0, 0.1) is 12.7 Å². The summed E-state index contributed by atoms with van der Waals surface area (Å²) in [5.74, 6) is -1.66. The highest BCUT2D eigenvalue weighted by Gasteiger charge is 2.34. The minimum absolute atomic E-state index is 0.0765. The van der Waals surface area contributed by atoms with Gasteiger partial charge in [0.05, 0.1) is 22.7 Å². The van der Waals surface area contributed by atoms with Crippen molar-refractivity contribution in [2.45, 2.75) is 13.5 Å². The van der Waals surface area contributed by atoms with Crippen molar-refractivity contribution in [3.63, 3.8) is 0 Å². The van der Waals surface area contributed by atoms with E-state index in [0.29, 0.717) is 27.0 Å². The number of fused-ring (bicyclic) bond motifs is 1. The molecule has 0 radical (unpaired) electrons. The SMILES string of the molecule is Cc1c(/C=C2\SC(=S)N(c3cccc(C(=O)O)c3)C2=O)c2ccccc2n1Cc1ccccc1F. The summed E-state index contributed by atoms with van der Waals surface area (Å²) in [5.41, 5.74) is 3.75. The Labute approximate surface area is 210 Å². The summed E-state index contributed by atoms with van der Waals surface area (Å²) in [4.78, 5) is 26.5. The average Bonchev–Trinajstić information content (AvgIpc) is 3.28. The molecule has 5 rings (SSSR count). The first-order valence-electron chi connectivity index (χ1n) is 10.8.